The molecule has 1 atom stereocenters. The molecule has 1 heterocycles. The minimum atomic E-state index is -3.61. The molecule has 1 unspecified atom stereocenters. The molecule has 1 amide bonds. The first-order valence-electron chi connectivity index (χ1n) is 9.40. The van der Waals surface area contributed by atoms with E-state index in [9.17, 15) is 13.2 Å². The van der Waals surface area contributed by atoms with Gasteiger partial charge in [0.05, 0.1) is 11.5 Å². The first-order chi connectivity index (χ1) is 13.3. The van der Waals surface area contributed by atoms with E-state index in [0.29, 0.717) is 30.0 Å². The fourth-order valence-corrected chi connectivity index (χ4v) is 4.80. The second kappa shape index (κ2) is 8.32. The minimum absolute atomic E-state index is 0.0000870. The van der Waals surface area contributed by atoms with Crippen LogP contribution in [-0.4, -0.2) is 34.0 Å². The summed E-state index contributed by atoms with van der Waals surface area (Å²) in [5.74, 6) is 0.690. The average molecular weight is 403 g/mol. The lowest BCUT2D eigenvalue weighted by atomic mass is 10.1. The van der Waals surface area contributed by atoms with Crippen molar-refractivity contribution in [2.45, 2.75) is 32.1 Å². The van der Waals surface area contributed by atoms with Gasteiger partial charge in [0.25, 0.3) is 0 Å². The number of nitrogens with zero attached hydrogens (tertiary/aromatic N) is 1. The van der Waals surface area contributed by atoms with Crippen LogP contribution in [0.2, 0.25) is 0 Å². The zero-order valence-corrected chi connectivity index (χ0v) is 17.3. The molecular weight excluding hydrogens is 376 g/mol. The van der Waals surface area contributed by atoms with Crippen LogP contribution in [0.4, 0.5) is 5.69 Å². The lowest BCUT2D eigenvalue weighted by molar-refractivity contribution is -0.117. The number of anilines is 1. The molecule has 2 aromatic carbocycles. The highest BCUT2D eigenvalue weighted by atomic mass is 32.2. The van der Waals surface area contributed by atoms with Crippen molar-refractivity contribution >= 4 is 21.6 Å². The second-order valence-corrected chi connectivity index (χ2v) is 8.86. The summed E-state index contributed by atoms with van der Waals surface area (Å²) in [4.78, 5) is 14.4. The van der Waals surface area contributed by atoms with E-state index in [1.54, 1.807) is 24.0 Å². The van der Waals surface area contributed by atoms with Crippen LogP contribution in [-0.2, 0) is 14.8 Å². The summed E-state index contributed by atoms with van der Waals surface area (Å²) in [6.07, 6.45) is 0.322. The smallest absolute Gasteiger partial charge is 0.240 e. The standard InChI is InChI=1S/C21H26N2O4S/c1-4-27-19-9-7-18(8-10-19)23-14-17(12-21(23)24)13-22-28(25,26)20-11-15(2)5-6-16(20)3/h5-11,17,22H,4,12-14H2,1-3H3. The van der Waals surface area contributed by atoms with Crippen LogP contribution in [0, 0.1) is 19.8 Å². The van der Waals surface area contributed by atoms with Crippen molar-refractivity contribution in [3.63, 3.8) is 0 Å². The molecule has 1 fully saturated rings. The highest BCUT2D eigenvalue weighted by molar-refractivity contribution is 7.89. The van der Waals surface area contributed by atoms with E-state index in [2.05, 4.69) is 4.72 Å². The molecule has 6 nitrogen and oxygen atoms in total. The Morgan fingerprint density at radius 1 is 1.14 bits per heavy atom. The Morgan fingerprint density at radius 3 is 2.54 bits per heavy atom. The van der Waals surface area contributed by atoms with Crippen LogP contribution in [0.1, 0.15) is 24.5 Å². The molecule has 28 heavy (non-hydrogen) atoms. The number of benzene rings is 2. The number of hydrogen-bond donors (Lipinski definition) is 1. The largest absolute Gasteiger partial charge is 0.494 e. The van der Waals surface area contributed by atoms with E-state index in [-0.39, 0.29) is 18.4 Å². The number of carbonyl (C=O) groups excluding carboxylic acids is 1. The average Bonchev–Trinajstić information content (AvgIpc) is 3.04. The summed E-state index contributed by atoms with van der Waals surface area (Å²) in [5, 5.41) is 0. The van der Waals surface area contributed by atoms with Gasteiger partial charge < -0.3 is 9.64 Å². The maximum Gasteiger partial charge on any atom is 0.240 e. The van der Waals surface area contributed by atoms with Crippen LogP contribution in [0.3, 0.4) is 0 Å². The number of hydrogen-bond acceptors (Lipinski definition) is 4. The molecule has 0 bridgehead atoms. The maximum atomic E-state index is 12.7. The third-order valence-corrected chi connectivity index (χ3v) is 6.43. The molecule has 0 spiro atoms. The van der Waals surface area contributed by atoms with Crippen molar-refractivity contribution in [3.05, 3.63) is 53.6 Å². The Kier molecular flexibility index (Phi) is 6.05. The third-order valence-electron chi connectivity index (χ3n) is 4.86. The van der Waals surface area contributed by atoms with Crippen molar-refractivity contribution in [2.75, 3.05) is 24.6 Å². The number of nitrogens with one attached hydrogen (secondary N) is 1. The van der Waals surface area contributed by atoms with E-state index >= 15 is 0 Å². The van der Waals surface area contributed by atoms with Crippen molar-refractivity contribution in [3.8, 4) is 5.75 Å². The van der Waals surface area contributed by atoms with Gasteiger partial charge in [-0.25, -0.2) is 13.1 Å². The summed E-state index contributed by atoms with van der Waals surface area (Å²) in [6, 6.07) is 12.7. The maximum absolute atomic E-state index is 12.7. The fourth-order valence-electron chi connectivity index (χ4n) is 3.36. The summed E-state index contributed by atoms with van der Waals surface area (Å²) in [5.41, 5.74) is 2.40. The Hall–Kier alpha value is -2.38. The number of ether oxygens (including phenoxy) is 1. The second-order valence-electron chi connectivity index (χ2n) is 7.12. The van der Waals surface area contributed by atoms with E-state index in [4.69, 9.17) is 4.74 Å². The van der Waals surface area contributed by atoms with E-state index in [1.807, 2.05) is 44.2 Å². The molecule has 1 aliphatic rings. The van der Waals surface area contributed by atoms with Crippen LogP contribution in [0.25, 0.3) is 0 Å². The summed E-state index contributed by atoms with van der Waals surface area (Å²) in [7, 11) is -3.61. The van der Waals surface area contributed by atoms with Gasteiger partial charge in [0.15, 0.2) is 0 Å². The lowest BCUT2D eigenvalue weighted by Gasteiger charge is -2.18. The summed E-state index contributed by atoms with van der Waals surface area (Å²) < 4.78 is 33.4. The Balaban J connectivity index is 1.65. The minimum Gasteiger partial charge on any atom is -0.494 e. The molecule has 0 aromatic heterocycles. The predicted molar refractivity (Wildman–Crippen MR) is 109 cm³/mol. The Morgan fingerprint density at radius 2 is 1.86 bits per heavy atom. The fraction of sp³-hybridized carbons (Fsp3) is 0.381. The van der Waals surface area contributed by atoms with Crippen LogP contribution < -0.4 is 14.4 Å². The molecule has 2 aromatic rings. The Labute approximate surface area is 166 Å². The quantitative estimate of drug-likeness (QED) is 0.772. The van der Waals surface area contributed by atoms with Crippen molar-refractivity contribution in [1.82, 2.24) is 4.72 Å². The van der Waals surface area contributed by atoms with Crippen LogP contribution >= 0.6 is 0 Å². The Bertz CT molecular complexity index is 955. The molecule has 1 aliphatic heterocycles. The molecule has 1 N–H and O–H groups in total. The van der Waals surface area contributed by atoms with Gasteiger partial charge in [0.2, 0.25) is 15.9 Å². The first-order valence-corrected chi connectivity index (χ1v) is 10.9. The molecule has 7 heteroatoms. The lowest BCUT2D eigenvalue weighted by Crippen LogP contribution is -2.31. The van der Waals surface area contributed by atoms with Gasteiger partial charge in [-0.2, -0.15) is 0 Å². The summed E-state index contributed by atoms with van der Waals surface area (Å²) >= 11 is 0. The van der Waals surface area contributed by atoms with Crippen molar-refractivity contribution in [1.29, 1.82) is 0 Å². The third kappa shape index (κ3) is 4.54. The van der Waals surface area contributed by atoms with Gasteiger partial charge in [-0.1, -0.05) is 12.1 Å². The number of carbonyl (C=O) groups is 1. The molecule has 1 saturated heterocycles. The van der Waals surface area contributed by atoms with Gasteiger partial charge in [-0.05, 0) is 68.1 Å². The molecule has 0 aliphatic carbocycles. The highest BCUT2D eigenvalue weighted by Crippen LogP contribution is 2.27. The molecular formula is C21H26N2O4S. The first kappa shape index (κ1) is 20.4. The van der Waals surface area contributed by atoms with Gasteiger partial charge in [-0.3, -0.25) is 4.79 Å². The van der Waals surface area contributed by atoms with Gasteiger partial charge in [-0.15, -0.1) is 0 Å². The van der Waals surface area contributed by atoms with Crippen molar-refractivity contribution < 1.29 is 17.9 Å². The van der Waals surface area contributed by atoms with Gasteiger partial charge in [0.1, 0.15) is 5.75 Å². The van der Waals surface area contributed by atoms with Gasteiger partial charge >= 0.3 is 0 Å². The molecule has 150 valence electrons. The highest BCUT2D eigenvalue weighted by Gasteiger charge is 2.31. The topological polar surface area (TPSA) is 75.7 Å². The van der Waals surface area contributed by atoms with Gasteiger partial charge in [0, 0.05) is 25.2 Å². The normalized spacial score (nSPS) is 17.2. The summed E-state index contributed by atoms with van der Waals surface area (Å²) in [6.45, 7) is 6.87. The zero-order chi connectivity index (χ0) is 20.3. The van der Waals surface area contributed by atoms with E-state index in [1.165, 1.54) is 0 Å². The number of rotatable bonds is 7. The molecule has 0 radical (unpaired) electrons. The van der Waals surface area contributed by atoms with Crippen LogP contribution in [0.15, 0.2) is 47.4 Å². The monoisotopic (exact) mass is 402 g/mol. The SMILES string of the molecule is CCOc1ccc(N2CC(CNS(=O)(=O)c3cc(C)ccc3C)CC2=O)cc1. The predicted octanol–water partition coefficient (Wildman–Crippen LogP) is 3.03. The van der Waals surface area contributed by atoms with Crippen LogP contribution in [0.5, 0.6) is 5.75 Å². The van der Waals surface area contributed by atoms with Crippen molar-refractivity contribution in [2.24, 2.45) is 5.92 Å². The molecule has 0 saturated carbocycles. The number of amides is 1. The van der Waals surface area contributed by atoms with E-state index in [0.717, 1.165) is 17.0 Å². The number of sulfonamides is 1. The molecule has 3 rings (SSSR count). The van der Waals surface area contributed by atoms with E-state index < -0.39 is 10.0 Å². The zero-order valence-electron chi connectivity index (χ0n) is 16.4. The number of aryl methyl sites for hydroxylation is 2.